The summed E-state index contributed by atoms with van der Waals surface area (Å²) in [6, 6.07) is 44.5. The molecule has 0 bridgehead atoms. The number of aliphatic hydroxyl groups is 3. The summed E-state index contributed by atoms with van der Waals surface area (Å²) in [5, 5.41) is 36.1. The molecule has 3 N–H and O–H groups in total. The zero-order valence-corrected chi connectivity index (χ0v) is 36.1. The molecule has 0 unspecified atom stereocenters. The van der Waals surface area contributed by atoms with Crippen LogP contribution in [0.4, 0.5) is 0 Å². The van der Waals surface area contributed by atoms with Crippen molar-refractivity contribution in [2.45, 2.75) is 81.2 Å². The lowest BCUT2D eigenvalue weighted by molar-refractivity contribution is -0.353. The van der Waals surface area contributed by atoms with Crippen LogP contribution in [0.2, 0.25) is 0 Å². The van der Waals surface area contributed by atoms with Crippen LogP contribution >= 0.6 is 0 Å². The zero-order valence-electron chi connectivity index (χ0n) is 36.1. The first-order valence-corrected chi connectivity index (χ1v) is 21.9. The molecule has 0 saturated carbocycles. The summed E-state index contributed by atoms with van der Waals surface area (Å²) in [4.78, 5) is 30.1. The zero-order chi connectivity index (χ0) is 45.6. The van der Waals surface area contributed by atoms with Crippen LogP contribution in [-0.4, -0.2) is 114 Å². The van der Waals surface area contributed by atoms with Crippen molar-refractivity contribution in [3.05, 3.63) is 179 Å². The minimum Gasteiger partial charge on any atom is -0.497 e. The maximum absolute atomic E-state index is 14.5. The minimum atomic E-state index is -1.63. The number of benzene rings is 6. The molecule has 2 amide bonds. The van der Waals surface area contributed by atoms with Gasteiger partial charge in [0.2, 0.25) is 6.29 Å². The van der Waals surface area contributed by atoms with Crippen molar-refractivity contribution in [1.29, 1.82) is 0 Å². The fraction of sp³-hybridized carbons (Fsp3) is 0.308. The first kappa shape index (κ1) is 45.1. The number of ether oxygens (including phenoxy) is 8. The Hall–Kier alpha value is -6.04. The van der Waals surface area contributed by atoms with E-state index in [9.17, 15) is 24.9 Å². The number of hydrogen-bond donors (Lipinski definition) is 3. The van der Waals surface area contributed by atoms with Gasteiger partial charge in [-0.05, 0) is 69.9 Å². The van der Waals surface area contributed by atoms with E-state index in [4.69, 9.17) is 37.9 Å². The molecule has 2 fully saturated rings. The van der Waals surface area contributed by atoms with Crippen LogP contribution < -0.4 is 9.47 Å². The highest BCUT2D eigenvalue weighted by molar-refractivity contribution is 6.21. The number of amides is 2. The van der Waals surface area contributed by atoms with Crippen LogP contribution in [0.15, 0.2) is 152 Å². The number of hydrogen-bond acceptors (Lipinski definition) is 13. The number of aliphatic hydroxyl groups excluding tert-OH is 3. The van der Waals surface area contributed by atoms with E-state index in [0.717, 1.165) is 32.4 Å². The molecule has 6 aromatic rings. The molecule has 0 aromatic heterocycles. The molecule has 14 nitrogen and oxygen atoms in total. The van der Waals surface area contributed by atoms with Gasteiger partial charge in [-0.3, -0.25) is 14.5 Å². The van der Waals surface area contributed by atoms with Gasteiger partial charge in [0.05, 0.1) is 51.3 Å². The van der Waals surface area contributed by atoms with Gasteiger partial charge in [0, 0.05) is 0 Å². The predicted octanol–water partition coefficient (Wildman–Crippen LogP) is 5.83. The molecule has 6 aromatic carbocycles. The highest BCUT2D eigenvalue weighted by Crippen LogP contribution is 2.38. The van der Waals surface area contributed by atoms with E-state index in [1.165, 1.54) is 0 Å². The first-order chi connectivity index (χ1) is 32.3. The minimum absolute atomic E-state index is 0.00594. The van der Waals surface area contributed by atoms with Crippen molar-refractivity contribution < 1.29 is 62.8 Å². The molecule has 3 aliphatic rings. The van der Waals surface area contributed by atoms with Crippen LogP contribution in [0.5, 0.6) is 11.5 Å². The Labute approximate surface area is 381 Å². The Kier molecular flexibility index (Phi) is 14.1. The van der Waals surface area contributed by atoms with Crippen LogP contribution in [0.1, 0.15) is 37.4 Å². The van der Waals surface area contributed by atoms with Gasteiger partial charge in [0.15, 0.2) is 6.29 Å². The monoisotopic (exact) mass is 897 g/mol. The van der Waals surface area contributed by atoms with E-state index in [-0.39, 0.29) is 37.6 Å². The summed E-state index contributed by atoms with van der Waals surface area (Å²) in [5.74, 6) is -0.286. The molecule has 3 heterocycles. The topological polar surface area (TPSA) is 172 Å². The second-order valence-electron chi connectivity index (χ2n) is 16.4. The van der Waals surface area contributed by atoms with Crippen molar-refractivity contribution in [3.63, 3.8) is 0 Å². The number of carbonyl (C=O) groups is 2. The summed E-state index contributed by atoms with van der Waals surface area (Å²) >= 11 is 0. The molecule has 14 heteroatoms. The Morgan fingerprint density at radius 1 is 0.561 bits per heavy atom. The number of methoxy groups -OCH3 is 1. The molecular formula is C52H51NO13. The van der Waals surface area contributed by atoms with E-state index in [2.05, 4.69) is 0 Å². The Morgan fingerprint density at radius 2 is 1.14 bits per heavy atom. The van der Waals surface area contributed by atoms with E-state index in [1.807, 2.05) is 103 Å². The van der Waals surface area contributed by atoms with Crippen molar-refractivity contribution >= 4 is 22.6 Å². The molecule has 3 aliphatic heterocycles. The molecule has 10 atom stereocenters. The van der Waals surface area contributed by atoms with Crippen LogP contribution in [0.3, 0.4) is 0 Å². The molecular weight excluding hydrogens is 847 g/mol. The van der Waals surface area contributed by atoms with Gasteiger partial charge in [-0.1, -0.05) is 109 Å². The number of imide groups is 1. The molecule has 0 spiro atoms. The fourth-order valence-electron chi connectivity index (χ4n) is 8.69. The first-order valence-electron chi connectivity index (χ1n) is 21.9. The standard InChI is InChI=1S/C52H51NO13/c1-59-37-22-24-38(25-23-37)63-51-43(53-49(57)39-18-10-11-19-40(39)50(53)58)47(61-29-33-14-6-3-7-15-33)46(42(65-51)31-60-28-32-12-4-2-5-13-32)66-52-45(56)48(44(55)41(27-54)64-52)62-30-34-20-21-35-16-8-9-17-36(35)26-34/h2-26,41-48,51-52,54-56H,27-31H2,1H3/t41-,42-,43-,44-,45-,46-,47-,48+,51-,52+/m0/s1. The second kappa shape index (κ2) is 20.6. The molecule has 0 aliphatic carbocycles. The van der Waals surface area contributed by atoms with E-state index < -0.39 is 79.8 Å². The average Bonchev–Trinajstić information content (AvgIpc) is 3.60. The van der Waals surface area contributed by atoms with Crippen LogP contribution in [0.25, 0.3) is 10.8 Å². The smallest absolute Gasteiger partial charge is 0.262 e. The third-order valence-electron chi connectivity index (χ3n) is 12.1. The number of fused-ring (bicyclic) bond motifs is 2. The van der Waals surface area contributed by atoms with Gasteiger partial charge in [0.1, 0.15) is 60.3 Å². The normalized spacial score (nSPS) is 26.3. The summed E-state index contributed by atoms with van der Waals surface area (Å²) in [7, 11) is 1.54. The molecule has 0 radical (unpaired) electrons. The lowest BCUT2D eigenvalue weighted by Gasteiger charge is -2.50. The van der Waals surface area contributed by atoms with Gasteiger partial charge in [-0.2, -0.15) is 0 Å². The quantitative estimate of drug-likeness (QED) is 0.0936. The maximum Gasteiger partial charge on any atom is 0.262 e. The number of carbonyl (C=O) groups excluding carboxylic acids is 2. The van der Waals surface area contributed by atoms with Gasteiger partial charge in [-0.25, -0.2) is 0 Å². The number of rotatable bonds is 17. The van der Waals surface area contributed by atoms with E-state index in [1.54, 1.807) is 55.6 Å². The van der Waals surface area contributed by atoms with Gasteiger partial charge in [-0.15, -0.1) is 0 Å². The summed E-state index contributed by atoms with van der Waals surface area (Å²) in [6.07, 6.45) is -12.2. The third kappa shape index (κ3) is 9.74. The van der Waals surface area contributed by atoms with E-state index >= 15 is 0 Å². The molecule has 342 valence electrons. The van der Waals surface area contributed by atoms with E-state index in [0.29, 0.717) is 11.5 Å². The molecule has 9 rings (SSSR count). The Balaban J connectivity index is 1.09. The van der Waals surface area contributed by atoms with Crippen molar-refractivity contribution in [1.82, 2.24) is 4.90 Å². The highest BCUT2D eigenvalue weighted by Gasteiger charge is 2.58. The van der Waals surface area contributed by atoms with Gasteiger partial charge >= 0.3 is 0 Å². The van der Waals surface area contributed by atoms with Gasteiger partial charge < -0.3 is 53.2 Å². The fourth-order valence-corrected chi connectivity index (χ4v) is 8.69. The van der Waals surface area contributed by atoms with Crippen molar-refractivity contribution in [2.75, 3.05) is 20.3 Å². The highest BCUT2D eigenvalue weighted by atomic mass is 16.7. The third-order valence-corrected chi connectivity index (χ3v) is 12.1. The summed E-state index contributed by atoms with van der Waals surface area (Å²) in [5.41, 5.74) is 2.82. The maximum atomic E-state index is 14.5. The summed E-state index contributed by atoms with van der Waals surface area (Å²) in [6.45, 7) is -0.592. The van der Waals surface area contributed by atoms with Crippen molar-refractivity contribution in [2.24, 2.45) is 0 Å². The van der Waals surface area contributed by atoms with Gasteiger partial charge in [0.25, 0.3) is 11.8 Å². The SMILES string of the molecule is COc1ccc(O[C@H]2O[C@@H](COCc3ccccc3)[C@H](O[C@H]3O[C@@H](CO)[C@H](O)[C@@H](OCc4ccc5ccccc5c4)[C@@H]3O)[C@@H](OCc3ccccc3)[C@@H]2N2C(=O)c3ccccc3C2=O)cc1. The van der Waals surface area contributed by atoms with Crippen LogP contribution in [0, 0.1) is 0 Å². The Bertz CT molecular complexity index is 2530. The van der Waals surface area contributed by atoms with Crippen LogP contribution in [-0.2, 0) is 48.2 Å². The second-order valence-corrected chi connectivity index (χ2v) is 16.4. The van der Waals surface area contributed by atoms with Crippen molar-refractivity contribution in [3.8, 4) is 11.5 Å². The Morgan fingerprint density at radius 3 is 1.80 bits per heavy atom. The predicted molar refractivity (Wildman–Crippen MR) is 239 cm³/mol. The molecule has 66 heavy (non-hydrogen) atoms. The number of nitrogens with zero attached hydrogens (tertiary/aromatic N) is 1. The summed E-state index contributed by atoms with van der Waals surface area (Å²) < 4.78 is 51.2. The largest absolute Gasteiger partial charge is 0.497 e. The lowest BCUT2D eigenvalue weighted by Crippen LogP contribution is -2.69. The molecule has 2 saturated heterocycles. The lowest BCUT2D eigenvalue weighted by atomic mass is 9.93. The average molecular weight is 898 g/mol.